The van der Waals surface area contributed by atoms with E-state index < -0.39 is 0 Å². The number of hydrogen-bond donors (Lipinski definition) is 1. The number of hydrogen-bond acceptors (Lipinski definition) is 3. The van der Waals surface area contributed by atoms with Crippen LogP contribution in [-0.4, -0.2) is 20.3 Å². The highest BCUT2D eigenvalue weighted by Gasteiger charge is 2.17. The van der Waals surface area contributed by atoms with Gasteiger partial charge in [-0.25, -0.2) is 9.48 Å². The first-order valence-corrected chi connectivity index (χ1v) is 8.56. The van der Waals surface area contributed by atoms with E-state index in [0.717, 1.165) is 47.2 Å². The Morgan fingerprint density at radius 3 is 2.96 bits per heavy atom. The van der Waals surface area contributed by atoms with E-state index in [1.807, 2.05) is 25.1 Å². The summed E-state index contributed by atoms with van der Waals surface area (Å²) in [4.78, 5) is 24.6. The van der Waals surface area contributed by atoms with E-state index in [9.17, 15) is 9.59 Å². The van der Waals surface area contributed by atoms with Crippen LogP contribution in [0.15, 0.2) is 27.5 Å². The number of fused-ring (bicyclic) bond motifs is 1. The summed E-state index contributed by atoms with van der Waals surface area (Å²) in [7, 11) is 0. The highest BCUT2D eigenvalue weighted by molar-refractivity contribution is 9.10. The molecule has 0 atom stereocenters. The SMILES string of the molecule is Cc1cc(Br)ccc1NC(=O)Cn1nc2n(c1=O)CCCCC2. The minimum absolute atomic E-state index is 0.0612. The minimum atomic E-state index is -0.245. The standard InChI is InChI=1S/C16H19BrN4O2/c1-11-9-12(17)6-7-13(11)18-15(22)10-21-16(23)20-8-4-2-3-5-14(20)19-21/h6-7,9H,2-5,8,10H2,1H3,(H,18,22). The third kappa shape index (κ3) is 3.55. The second kappa shape index (κ2) is 6.70. The molecule has 6 nitrogen and oxygen atoms in total. The van der Waals surface area contributed by atoms with Crippen LogP contribution in [0.5, 0.6) is 0 Å². The van der Waals surface area contributed by atoms with Crippen LogP contribution in [-0.2, 0) is 24.3 Å². The molecule has 0 bridgehead atoms. The van der Waals surface area contributed by atoms with Gasteiger partial charge >= 0.3 is 5.69 Å². The molecule has 1 N–H and O–H groups in total. The van der Waals surface area contributed by atoms with Gasteiger partial charge in [-0.15, -0.1) is 0 Å². The zero-order chi connectivity index (χ0) is 16.4. The van der Waals surface area contributed by atoms with Crippen LogP contribution in [0.3, 0.4) is 0 Å². The van der Waals surface area contributed by atoms with Crippen molar-refractivity contribution in [1.82, 2.24) is 14.3 Å². The number of aryl methyl sites for hydroxylation is 2. The van der Waals surface area contributed by atoms with Crippen molar-refractivity contribution < 1.29 is 4.79 Å². The van der Waals surface area contributed by atoms with Crippen LogP contribution in [0.4, 0.5) is 5.69 Å². The van der Waals surface area contributed by atoms with E-state index in [0.29, 0.717) is 6.54 Å². The molecule has 0 unspecified atom stereocenters. The van der Waals surface area contributed by atoms with Gasteiger partial charge in [0, 0.05) is 23.1 Å². The van der Waals surface area contributed by atoms with Gasteiger partial charge in [-0.2, -0.15) is 5.10 Å². The number of nitrogens with zero attached hydrogens (tertiary/aromatic N) is 3. The summed E-state index contributed by atoms with van der Waals surface area (Å²) >= 11 is 3.39. The largest absolute Gasteiger partial charge is 0.346 e. The van der Waals surface area contributed by atoms with Crippen molar-refractivity contribution in [2.75, 3.05) is 5.32 Å². The average molecular weight is 379 g/mol. The predicted molar refractivity (Wildman–Crippen MR) is 91.6 cm³/mol. The van der Waals surface area contributed by atoms with Crippen molar-refractivity contribution in [2.24, 2.45) is 0 Å². The number of amides is 1. The van der Waals surface area contributed by atoms with E-state index >= 15 is 0 Å². The fraction of sp³-hybridized carbons (Fsp3) is 0.438. The number of nitrogens with one attached hydrogen (secondary N) is 1. The van der Waals surface area contributed by atoms with Gasteiger partial charge in [0.15, 0.2) is 0 Å². The normalized spacial score (nSPS) is 14.2. The predicted octanol–water partition coefficient (Wildman–Crippen LogP) is 2.48. The number of carbonyl (C=O) groups excluding carboxylic acids is 1. The minimum Gasteiger partial charge on any atom is -0.324 e. The molecule has 0 fully saturated rings. The quantitative estimate of drug-likeness (QED) is 0.891. The maximum Gasteiger partial charge on any atom is 0.346 e. The molecule has 0 aliphatic carbocycles. The van der Waals surface area contributed by atoms with Gasteiger partial charge in [0.05, 0.1) is 0 Å². The topological polar surface area (TPSA) is 68.9 Å². The van der Waals surface area contributed by atoms with E-state index in [1.54, 1.807) is 4.57 Å². The Balaban J connectivity index is 1.74. The third-order valence-electron chi connectivity index (χ3n) is 4.04. The molecular formula is C16H19BrN4O2. The van der Waals surface area contributed by atoms with Crippen molar-refractivity contribution in [2.45, 2.75) is 45.7 Å². The van der Waals surface area contributed by atoms with E-state index in [2.05, 4.69) is 26.3 Å². The molecule has 2 heterocycles. The lowest BCUT2D eigenvalue weighted by Crippen LogP contribution is -2.30. The lowest BCUT2D eigenvalue weighted by atomic mass is 10.2. The second-order valence-corrected chi connectivity index (χ2v) is 6.74. The number of aromatic nitrogens is 3. The molecule has 23 heavy (non-hydrogen) atoms. The number of anilines is 1. The molecule has 122 valence electrons. The van der Waals surface area contributed by atoms with Crippen LogP contribution < -0.4 is 11.0 Å². The van der Waals surface area contributed by atoms with Crippen molar-refractivity contribution >= 4 is 27.5 Å². The number of carbonyl (C=O) groups is 1. The first kappa shape index (κ1) is 16.0. The lowest BCUT2D eigenvalue weighted by Gasteiger charge is -2.08. The van der Waals surface area contributed by atoms with Gasteiger partial charge in [-0.1, -0.05) is 22.4 Å². The van der Waals surface area contributed by atoms with Crippen molar-refractivity contribution in [3.05, 3.63) is 44.5 Å². The molecule has 1 aromatic carbocycles. The summed E-state index contributed by atoms with van der Waals surface area (Å²) < 4.78 is 3.93. The fourth-order valence-electron chi connectivity index (χ4n) is 2.82. The van der Waals surface area contributed by atoms with Gasteiger partial charge in [-0.05, 0) is 43.5 Å². The Labute approximate surface area is 142 Å². The highest BCUT2D eigenvalue weighted by Crippen LogP contribution is 2.20. The van der Waals surface area contributed by atoms with Crippen LogP contribution in [0.1, 0.15) is 30.7 Å². The van der Waals surface area contributed by atoms with Gasteiger partial charge in [0.25, 0.3) is 0 Å². The molecule has 7 heteroatoms. The monoisotopic (exact) mass is 378 g/mol. The van der Waals surface area contributed by atoms with Crippen molar-refractivity contribution in [3.63, 3.8) is 0 Å². The molecule has 1 aliphatic rings. The van der Waals surface area contributed by atoms with Gasteiger partial charge < -0.3 is 5.32 Å². The van der Waals surface area contributed by atoms with Crippen LogP contribution in [0.25, 0.3) is 0 Å². The molecule has 1 aromatic heterocycles. The van der Waals surface area contributed by atoms with E-state index in [1.165, 1.54) is 4.68 Å². The van der Waals surface area contributed by atoms with Crippen molar-refractivity contribution in [3.8, 4) is 0 Å². The second-order valence-electron chi connectivity index (χ2n) is 5.83. The maximum atomic E-state index is 12.3. The molecule has 0 spiro atoms. The first-order valence-electron chi connectivity index (χ1n) is 7.77. The fourth-order valence-corrected chi connectivity index (χ4v) is 3.30. The zero-order valence-corrected chi connectivity index (χ0v) is 14.6. The highest BCUT2D eigenvalue weighted by atomic mass is 79.9. The Morgan fingerprint density at radius 2 is 2.17 bits per heavy atom. The molecule has 2 aromatic rings. The molecule has 0 saturated heterocycles. The Bertz CT molecular complexity index is 794. The summed E-state index contributed by atoms with van der Waals surface area (Å²) in [5.74, 6) is 0.547. The van der Waals surface area contributed by atoms with E-state index in [4.69, 9.17) is 0 Å². The Morgan fingerprint density at radius 1 is 1.35 bits per heavy atom. The Hall–Kier alpha value is -1.89. The van der Waals surface area contributed by atoms with Gasteiger partial charge in [-0.3, -0.25) is 9.36 Å². The smallest absolute Gasteiger partial charge is 0.324 e. The molecule has 1 amide bonds. The van der Waals surface area contributed by atoms with Gasteiger partial charge in [0.1, 0.15) is 12.4 Å². The zero-order valence-electron chi connectivity index (χ0n) is 13.0. The first-order chi connectivity index (χ1) is 11.0. The summed E-state index contributed by atoms with van der Waals surface area (Å²) in [6.07, 6.45) is 3.95. The van der Waals surface area contributed by atoms with Crippen LogP contribution >= 0.6 is 15.9 Å². The molecule has 0 saturated carbocycles. The summed E-state index contributed by atoms with van der Waals surface area (Å²) in [6, 6.07) is 5.64. The average Bonchev–Trinajstić information content (AvgIpc) is 2.68. The third-order valence-corrected chi connectivity index (χ3v) is 4.53. The van der Waals surface area contributed by atoms with E-state index in [-0.39, 0.29) is 18.1 Å². The molecule has 1 aliphatic heterocycles. The molecule has 0 radical (unpaired) electrons. The Kier molecular flexibility index (Phi) is 4.66. The lowest BCUT2D eigenvalue weighted by molar-refractivity contribution is -0.117. The molecular weight excluding hydrogens is 360 g/mol. The maximum absolute atomic E-state index is 12.3. The summed E-state index contributed by atoms with van der Waals surface area (Å²) in [5, 5.41) is 7.16. The summed E-state index contributed by atoms with van der Waals surface area (Å²) in [6.45, 7) is 2.56. The van der Waals surface area contributed by atoms with Crippen molar-refractivity contribution in [1.29, 1.82) is 0 Å². The molecule has 3 rings (SSSR count). The number of rotatable bonds is 3. The number of halogens is 1. The van der Waals surface area contributed by atoms with Crippen LogP contribution in [0.2, 0.25) is 0 Å². The van der Waals surface area contributed by atoms with Crippen LogP contribution in [0, 0.1) is 6.92 Å². The summed E-state index contributed by atoms with van der Waals surface area (Å²) in [5.41, 5.74) is 1.51. The number of benzene rings is 1. The van der Waals surface area contributed by atoms with Gasteiger partial charge in [0.2, 0.25) is 5.91 Å².